The van der Waals surface area contributed by atoms with Gasteiger partial charge in [-0.1, -0.05) is 51.1 Å². The molecule has 0 spiro atoms. The Bertz CT molecular complexity index is 1760. The van der Waals surface area contributed by atoms with Gasteiger partial charge >= 0.3 is 17.9 Å². The predicted molar refractivity (Wildman–Crippen MR) is 192 cm³/mol. The van der Waals surface area contributed by atoms with E-state index in [4.69, 9.17) is 18.9 Å². The van der Waals surface area contributed by atoms with Crippen LogP contribution in [0.15, 0.2) is 42.5 Å². The molecule has 17 heteroatoms. The maximum absolute atomic E-state index is 13.5. The maximum Gasteiger partial charge on any atom is 0.361 e. The molecule has 2 amide bonds. The first-order valence-corrected chi connectivity index (χ1v) is 18.9. The Kier molecular flexibility index (Phi) is 14.0. The number of ether oxygens (including phenoxy) is 4. The molecule has 0 saturated carbocycles. The van der Waals surface area contributed by atoms with Crippen molar-refractivity contribution in [1.29, 1.82) is 0 Å². The molecule has 0 aliphatic carbocycles. The number of carbonyl (C=O) groups excluding carboxylic acids is 5. The van der Waals surface area contributed by atoms with E-state index in [1.54, 1.807) is 44.2 Å². The van der Waals surface area contributed by atoms with Crippen LogP contribution >= 0.6 is 11.8 Å². The molecule has 2 aromatic carbocycles. The highest BCUT2D eigenvalue weighted by atomic mass is 32.2. The van der Waals surface area contributed by atoms with Gasteiger partial charge in [0.25, 0.3) is 21.8 Å². The van der Waals surface area contributed by atoms with Gasteiger partial charge in [0.05, 0.1) is 4.75 Å². The SMILES string of the molecule is CCN(CC)CC.CO[C@@]1(C(=O)OCc2ccccc2)N2C(=O)[C@H](NC(=O)C(c3cc(OC(C)=O)c(OC(C)=O)cc3C)S(=O)(=O)O)[C@H]2SC1(C)C. The van der Waals surface area contributed by atoms with E-state index >= 15 is 0 Å². The van der Waals surface area contributed by atoms with Crippen molar-refractivity contribution in [2.24, 2.45) is 0 Å². The fourth-order valence-electron chi connectivity index (χ4n) is 6.08. The number of nitrogens with one attached hydrogen (secondary N) is 1. The third-order valence-electron chi connectivity index (χ3n) is 8.70. The Labute approximate surface area is 308 Å². The summed E-state index contributed by atoms with van der Waals surface area (Å²) in [6, 6.07) is 9.72. The van der Waals surface area contributed by atoms with Gasteiger partial charge in [-0.3, -0.25) is 28.6 Å². The molecule has 52 heavy (non-hydrogen) atoms. The third kappa shape index (κ3) is 8.94. The summed E-state index contributed by atoms with van der Waals surface area (Å²) in [6.45, 7) is 16.9. The Morgan fingerprint density at radius 1 is 0.981 bits per heavy atom. The molecular formula is C35H47N3O12S2. The molecule has 15 nitrogen and oxygen atoms in total. The number of rotatable bonds is 13. The molecule has 2 fully saturated rings. The van der Waals surface area contributed by atoms with Gasteiger partial charge in [-0.25, -0.2) is 4.79 Å². The summed E-state index contributed by atoms with van der Waals surface area (Å²) in [5.41, 5.74) is -1.39. The van der Waals surface area contributed by atoms with E-state index in [2.05, 4.69) is 31.0 Å². The van der Waals surface area contributed by atoms with Crippen LogP contribution in [0, 0.1) is 6.92 Å². The minimum atomic E-state index is -5.18. The van der Waals surface area contributed by atoms with Crippen molar-refractivity contribution in [1.82, 2.24) is 15.1 Å². The first-order chi connectivity index (χ1) is 24.3. The molecule has 1 unspecified atom stereocenters. The number of benzene rings is 2. The van der Waals surface area contributed by atoms with Crippen LogP contribution in [0.2, 0.25) is 0 Å². The molecule has 0 radical (unpaired) electrons. The van der Waals surface area contributed by atoms with Crippen LogP contribution in [0.3, 0.4) is 0 Å². The lowest BCUT2D eigenvalue weighted by Crippen LogP contribution is -2.76. The Morgan fingerprint density at radius 3 is 1.98 bits per heavy atom. The number of nitrogens with zero attached hydrogens (tertiary/aromatic N) is 2. The van der Waals surface area contributed by atoms with Gasteiger partial charge in [0.15, 0.2) is 16.7 Å². The van der Waals surface area contributed by atoms with E-state index in [-0.39, 0.29) is 29.2 Å². The van der Waals surface area contributed by atoms with Crippen molar-refractivity contribution in [3.8, 4) is 11.5 Å². The molecule has 2 saturated heterocycles. The van der Waals surface area contributed by atoms with E-state index in [1.165, 1.54) is 39.7 Å². The quantitative estimate of drug-likeness (QED) is 0.130. The summed E-state index contributed by atoms with van der Waals surface area (Å²) in [5.74, 6) is -5.05. The van der Waals surface area contributed by atoms with Crippen LogP contribution < -0.4 is 14.8 Å². The van der Waals surface area contributed by atoms with Gasteiger partial charge in [0, 0.05) is 21.0 Å². The number of β-lactam (4-membered cyclic amide) rings is 1. The zero-order valence-corrected chi connectivity index (χ0v) is 32.4. The van der Waals surface area contributed by atoms with Crippen LogP contribution in [0.4, 0.5) is 0 Å². The molecule has 2 aliphatic rings. The summed E-state index contributed by atoms with van der Waals surface area (Å²) in [5, 5.41) is -0.762. The van der Waals surface area contributed by atoms with Crippen molar-refractivity contribution in [2.45, 2.75) is 89.1 Å². The minimum Gasteiger partial charge on any atom is -0.457 e. The van der Waals surface area contributed by atoms with Crippen LogP contribution in [-0.4, -0.2) is 101 Å². The summed E-state index contributed by atoms with van der Waals surface area (Å²) in [6.07, 6.45) is 0. The smallest absolute Gasteiger partial charge is 0.361 e. The summed E-state index contributed by atoms with van der Waals surface area (Å²) in [4.78, 5) is 67.3. The van der Waals surface area contributed by atoms with Crippen LogP contribution in [-0.2, 0) is 50.2 Å². The number of aryl methyl sites for hydroxylation is 1. The zero-order valence-electron chi connectivity index (χ0n) is 30.8. The van der Waals surface area contributed by atoms with Crippen molar-refractivity contribution in [2.75, 3.05) is 26.7 Å². The van der Waals surface area contributed by atoms with Crippen molar-refractivity contribution >= 4 is 51.6 Å². The van der Waals surface area contributed by atoms with Gasteiger partial charge in [0.1, 0.15) is 18.0 Å². The maximum atomic E-state index is 13.5. The van der Waals surface area contributed by atoms with Crippen LogP contribution in [0.25, 0.3) is 0 Å². The second-order valence-electron chi connectivity index (χ2n) is 12.5. The number of hydrogen-bond donors (Lipinski definition) is 2. The zero-order chi connectivity index (χ0) is 39.2. The van der Waals surface area contributed by atoms with E-state index in [0.29, 0.717) is 5.56 Å². The van der Waals surface area contributed by atoms with Gasteiger partial charge in [-0.05, 0) is 69.2 Å². The summed E-state index contributed by atoms with van der Waals surface area (Å²) in [7, 11) is -3.92. The first kappa shape index (κ1) is 42.4. The fourth-order valence-corrected chi connectivity index (χ4v) is 8.70. The predicted octanol–water partition coefficient (Wildman–Crippen LogP) is 3.39. The molecule has 0 bridgehead atoms. The highest BCUT2D eigenvalue weighted by Gasteiger charge is 2.74. The average molecular weight is 766 g/mol. The normalized spacial score (nSPS) is 20.8. The van der Waals surface area contributed by atoms with E-state index in [1.807, 2.05) is 0 Å². The first-order valence-electron chi connectivity index (χ1n) is 16.6. The largest absolute Gasteiger partial charge is 0.457 e. The van der Waals surface area contributed by atoms with Crippen LogP contribution in [0.5, 0.6) is 11.5 Å². The Balaban J connectivity index is 0.000000944. The second kappa shape index (κ2) is 17.2. The lowest BCUT2D eigenvalue weighted by atomic mass is 9.91. The minimum absolute atomic E-state index is 0.0809. The highest BCUT2D eigenvalue weighted by Crippen LogP contribution is 2.57. The van der Waals surface area contributed by atoms with E-state index in [0.717, 1.165) is 36.6 Å². The van der Waals surface area contributed by atoms with Gasteiger partial charge in [-0.2, -0.15) is 8.42 Å². The molecule has 0 aromatic heterocycles. The monoisotopic (exact) mass is 765 g/mol. The molecule has 2 N–H and O–H groups in total. The third-order valence-corrected chi connectivity index (χ3v) is 11.4. The topological polar surface area (TPSA) is 195 Å². The molecule has 4 atom stereocenters. The molecule has 4 rings (SSSR count). The highest BCUT2D eigenvalue weighted by molar-refractivity contribution is 8.01. The van der Waals surface area contributed by atoms with Gasteiger partial charge in [0.2, 0.25) is 5.91 Å². The number of esters is 3. The Hall–Kier alpha value is -4.03. The molecule has 2 heterocycles. The van der Waals surface area contributed by atoms with Crippen LogP contribution in [0.1, 0.15) is 70.4 Å². The lowest BCUT2D eigenvalue weighted by Gasteiger charge is -2.49. The van der Waals surface area contributed by atoms with Gasteiger partial charge < -0.3 is 29.2 Å². The molecule has 2 aliphatic heterocycles. The molecule has 286 valence electrons. The number of thioether (sulfide) groups is 1. The number of methoxy groups -OCH3 is 1. The summed E-state index contributed by atoms with van der Waals surface area (Å²) < 4.78 is 55.5. The van der Waals surface area contributed by atoms with Crippen molar-refractivity contribution in [3.05, 3.63) is 59.2 Å². The Morgan fingerprint density at radius 2 is 1.52 bits per heavy atom. The average Bonchev–Trinajstić information content (AvgIpc) is 3.29. The fraction of sp³-hybridized carbons (Fsp3) is 0.514. The number of carbonyl (C=O) groups is 5. The number of amides is 2. The van der Waals surface area contributed by atoms with E-state index in [9.17, 15) is 36.9 Å². The number of hydrogen-bond acceptors (Lipinski definition) is 13. The number of fused-ring (bicyclic) bond motifs is 1. The molecule has 2 aromatic rings. The van der Waals surface area contributed by atoms with Crippen molar-refractivity contribution < 1.29 is 55.9 Å². The lowest BCUT2D eigenvalue weighted by molar-refractivity contribution is -0.216. The second-order valence-corrected chi connectivity index (χ2v) is 15.7. The van der Waals surface area contributed by atoms with Crippen molar-refractivity contribution in [3.63, 3.8) is 0 Å². The molecular weight excluding hydrogens is 719 g/mol. The van der Waals surface area contributed by atoms with E-state index < -0.39 is 67.0 Å². The standard InChI is InChI=1S/C29H32N2O12S2.C6H15N/c1-15-12-20(42-16(2)32)21(43-17(3)33)13-19(15)23(45(37,38)39)24(34)30-22-25(35)31-26(22)44-28(4,5)29(31,40-6)27(36)41-14-18-10-8-7-9-11-18;1-4-7(5-2)6-3/h7-13,22-23,26H,14H2,1-6H3,(H,30,34)(H,37,38,39);4-6H2,1-3H3/t22-,23?,26+,29+;/m0./s1. The summed E-state index contributed by atoms with van der Waals surface area (Å²) >= 11 is 1.13. The van der Waals surface area contributed by atoms with Gasteiger partial charge in [-0.15, -0.1) is 11.8 Å².